The van der Waals surface area contributed by atoms with E-state index in [4.69, 9.17) is 11.6 Å². The van der Waals surface area contributed by atoms with Gasteiger partial charge in [0.05, 0.1) is 0 Å². The topological polar surface area (TPSA) is 30.0 Å². The Morgan fingerprint density at radius 1 is 1.38 bits per heavy atom. The Morgan fingerprint density at radius 2 is 2.23 bits per heavy atom. The summed E-state index contributed by atoms with van der Waals surface area (Å²) in [5, 5.41) is 1.39. The Hall–Kier alpha value is -0.710. The molecule has 0 aliphatic heterocycles. The van der Waals surface area contributed by atoms with Gasteiger partial charge >= 0.3 is 4.06 Å². The van der Waals surface area contributed by atoms with Crippen molar-refractivity contribution >= 4 is 34.5 Å². The van der Waals surface area contributed by atoms with Crippen LogP contribution in [0.3, 0.4) is 0 Å². The first kappa shape index (κ1) is 8.87. The van der Waals surface area contributed by atoms with Gasteiger partial charge in [0.15, 0.2) is 0 Å². The van der Waals surface area contributed by atoms with Crippen molar-refractivity contribution < 1.29 is 0 Å². The van der Waals surface area contributed by atoms with E-state index in [0.717, 1.165) is 33.4 Å². The Morgan fingerprint density at radius 3 is 2.85 bits per heavy atom. The molecule has 1 aromatic carbocycles. The van der Waals surface area contributed by atoms with Crippen LogP contribution in [-0.2, 0) is 0 Å². The fourth-order valence-corrected chi connectivity index (χ4v) is 2.54. The summed E-state index contributed by atoms with van der Waals surface area (Å²) in [6, 6.07) is 7.32. The molecule has 1 heterocycles. The first-order valence-electron chi connectivity index (χ1n) is 3.48. The van der Waals surface area contributed by atoms with E-state index < -0.39 is 0 Å². The fraction of sp³-hybridized carbons (Fsp3) is 0. The number of aromatic nitrogens is 1. The second-order valence-electron chi connectivity index (χ2n) is 2.35. The molecule has 2 nitrogen and oxygen atoms in total. The number of hydrogen-bond donors (Lipinski definition) is 0. The average Bonchev–Trinajstić information content (AvgIpc) is 2.52. The average molecular weight is 230 g/mol. The summed E-state index contributed by atoms with van der Waals surface area (Å²) in [6.07, 6.45) is 0. The van der Waals surface area contributed by atoms with Gasteiger partial charge in [-0.3, -0.25) is 4.79 Å². The number of hydrogen-bond acceptors (Lipinski definition) is 4. The first-order chi connectivity index (χ1) is 6.25. The van der Waals surface area contributed by atoms with Gasteiger partial charge in [-0.2, -0.15) is 4.37 Å². The Labute approximate surface area is 87.6 Å². The minimum Gasteiger partial charge on any atom is -0.264 e. The summed E-state index contributed by atoms with van der Waals surface area (Å²) in [5.74, 6) is 0. The van der Waals surface area contributed by atoms with Crippen molar-refractivity contribution in [3.8, 4) is 10.6 Å². The summed E-state index contributed by atoms with van der Waals surface area (Å²) in [5.41, 5.74) is 0.899. The molecule has 0 saturated heterocycles. The van der Waals surface area contributed by atoms with E-state index in [0.29, 0.717) is 5.02 Å². The van der Waals surface area contributed by atoms with Gasteiger partial charge in [-0.25, -0.2) is 0 Å². The van der Waals surface area contributed by atoms with Crippen molar-refractivity contribution in [3.05, 3.63) is 38.1 Å². The summed E-state index contributed by atoms with van der Waals surface area (Å²) in [7, 11) is 0. The van der Waals surface area contributed by atoms with Crippen LogP contribution in [-0.4, -0.2) is 4.37 Å². The quantitative estimate of drug-likeness (QED) is 0.753. The predicted molar refractivity (Wildman–Crippen MR) is 56.7 cm³/mol. The number of benzene rings is 1. The minimum absolute atomic E-state index is 0.00924. The minimum atomic E-state index is 0.00924. The van der Waals surface area contributed by atoms with Crippen LogP contribution < -0.4 is 4.06 Å². The molecule has 1 aromatic heterocycles. The third kappa shape index (κ3) is 1.96. The summed E-state index contributed by atoms with van der Waals surface area (Å²) in [6.45, 7) is 0. The lowest BCUT2D eigenvalue weighted by Crippen LogP contribution is -1.75. The van der Waals surface area contributed by atoms with Crippen molar-refractivity contribution in [1.29, 1.82) is 0 Å². The molecule has 0 saturated carbocycles. The lowest BCUT2D eigenvalue weighted by molar-refractivity contribution is 1.57. The van der Waals surface area contributed by atoms with Gasteiger partial charge in [0, 0.05) is 22.1 Å². The highest BCUT2D eigenvalue weighted by Crippen LogP contribution is 2.23. The first-order valence-corrected chi connectivity index (χ1v) is 5.45. The molecule has 0 aliphatic rings. The van der Waals surface area contributed by atoms with Gasteiger partial charge in [0.1, 0.15) is 5.01 Å². The van der Waals surface area contributed by atoms with Crippen LogP contribution in [0.15, 0.2) is 29.1 Å². The van der Waals surface area contributed by atoms with Crippen LogP contribution in [0.4, 0.5) is 0 Å². The standard InChI is InChI=1S/C8H4ClNOS2/c9-6-3-1-2-5(4-6)7-10-13-8(11)12-7/h1-4H. The number of halogens is 1. The van der Waals surface area contributed by atoms with Crippen LogP contribution in [0.1, 0.15) is 0 Å². The molecule has 0 atom stereocenters. The van der Waals surface area contributed by atoms with E-state index in [1.807, 2.05) is 12.1 Å². The molecule has 0 fully saturated rings. The van der Waals surface area contributed by atoms with E-state index in [9.17, 15) is 4.79 Å². The van der Waals surface area contributed by atoms with Gasteiger partial charge in [-0.05, 0) is 12.1 Å². The van der Waals surface area contributed by atoms with Gasteiger partial charge < -0.3 is 0 Å². The molecule has 0 bridgehead atoms. The maximum atomic E-state index is 10.9. The van der Waals surface area contributed by atoms with Gasteiger partial charge in [-0.1, -0.05) is 35.1 Å². The Kier molecular flexibility index (Phi) is 2.44. The highest BCUT2D eigenvalue weighted by Gasteiger charge is 2.03. The molecule has 5 heteroatoms. The smallest absolute Gasteiger partial charge is 0.264 e. The van der Waals surface area contributed by atoms with Crippen LogP contribution in [0.2, 0.25) is 5.02 Å². The highest BCUT2D eigenvalue weighted by atomic mass is 35.5. The van der Waals surface area contributed by atoms with Gasteiger partial charge in [0.2, 0.25) is 0 Å². The fourth-order valence-electron chi connectivity index (χ4n) is 0.928. The molecule has 0 aliphatic carbocycles. The maximum absolute atomic E-state index is 10.9. The normalized spacial score (nSPS) is 10.2. The van der Waals surface area contributed by atoms with Gasteiger partial charge in [0.25, 0.3) is 0 Å². The molecular formula is C8H4ClNOS2. The van der Waals surface area contributed by atoms with Crippen LogP contribution in [0.5, 0.6) is 0 Å². The number of nitrogens with zero attached hydrogens (tertiary/aromatic N) is 1. The van der Waals surface area contributed by atoms with Crippen molar-refractivity contribution in [2.24, 2.45) is 0 Å². The zero-order chi connectivity index (χ0) is 9.26. The second-order valence-corrected chi connectivity index (χ2v) is 4.74. The zero-order valence-corrected chi connectivity index (χ0v) is 8.75. The van der Waals surface area contributed by atoms with E-state index in [2.05, 4.69) is 4.37 Å². The van der Waals surface area contributed by atoms with E-state index in [-0.39, 0.29) is 4.06 Å². The van der Waals surface area contributed by atoms with Crippen molar-refractivity contribution in [2.75, 3.05) is 0 Å². The van der Waals surface area contributed by atoms with Crippen LogP contribution >= 0.6 is 34.5 Å². The molecule has 0 spiro atoms. The molecule has 0 unspecified atom stereocenters. The zero-order valence-electron chi connectivity index (χ0n) is 6.36. The van der Waals surface area contributed by atoms with Crippen molar-refractivity contribution in [2.45, 2.75) is 0 Å². The molecule has 0 radical (unpaired) electrons. The molecule has 66 valence electrons. The lowest BCUT2D eigenvalue weighted by atomic mass is 10.2. The van der Waals surface area contributed by atoms with Crippen molar-refractivity contribution in [1.82, 2.24) is 4.37 Å². The molecule has 13 heavy (non-hydrogen) atoms. The van der Waals surface area contributed by atoms with E-state index in [1.165, 1.54) is 0 Å². The maximum Gasteiger partial charge on any atom is 0.306 e. The van der Waals surface area contributed by atoms with Crippen LogP contribution in [0.25, 0.3) is 10.6 Å². The van der Waals surface area contributed by atoms with Gasteiger partial charge in [-0.15, -0.1) is 0 Å². The third-order valence-electron chi connectivity index (χ3n) is 1.45. The summed E-state index contributed by atoms with van der Waals surface area (Å²) < 4.78 is 4.03. The highest BCUT2D eigenvalue weighted by molar-refractivity contribution is 7.25. The number of rotatable bonds is 1. The molecule has 0 amide bonds. The summed E-state index contributed by atoms with van der Waals surface area (Å²) in [4.78, 5) is 10.9. The van der Waals surface area contributed by atoms with E-state index >= 15 is 0 Å². The van der Waals surface area contributed by atoms with E-state index in [1.54, 1.807) is 12.1 Å². The Balaban J connectivity index is 2.52. The SMILES string of the molecule is O=c1snc(-c2cccc(Cl)c2)s1. The van der Waals surface area contributed by atoms with Crippen LogP contribution in [0, 0.1) is 0 Å². The third-order valence-corrected chi connectivity index (χ3v) is 3.39. The lowest BCUT2D eigenvalue weighted by Gasteiger charge is -1.94. The summed E-state index contributed by atoms with van der Waals surface area (Å²) >= 11 is 7.92. The largest absolute Gasteiger partial charge is 0.306 e. The molecule has 2 aromatic rings. The predicted octanol–water partition coefficient (Wildman–Crippen LogP) is 2.89. The molecule has 0 N–H and O–H groups in total. The monoisotopic (exact) mass is 229 g/mol. The Bertz CT molecular complexity index is 477. The van der Waals surface area contributed by atoms with Crippen molar-refractivity contribution in [3.63, 3.8) is 0 Å². The molecular weight excluding hydrogens is 226 g/mol. The second kappa shape index (κ2) is 3.57. The molecule has 2 rings (SSSR count).